The summed E-state index contributed by atoms with van der Waals surface area (Å²) in [6.45, 7) is 5.35. The Morgan fingerprint density at radius 2 is 1.90 bits per heavy atom. The average molecular weight is 312 g/mol. The zero-order valence-corrected chi connectivity index (χ0v) is 13.6. The fourth-order valence-electron chi connectivity index (χ4n) is 3.71. The van der Waals surface area contributed by atoms with E-state index >= 15 is 0 Å². The molecule has 2 saturated heterocycles. The molecular formula is C16H22ClNOS. The number of rotatable bonds is 4. The Balaban J connectivity index is 1.61. The van der Waals surface area contributed by atoms with Crippen LogP contribution in [0.5, 0.6) is 0 Å². The highest BCUT2D eigenvalue weighted by atomic mass is 35.5. The molecule has 0 unspecified atom stereocenters. The van der Waals surface area contributed by atoms with Crippen molar-refractivity contribution in [2.75, 3.05) is 19.6 Å². The van der Waals surface area contributed by atoms with Gasteiger partial charge in [0.15, 0.2) is 5.78 Å². The summed E-state index contributed by atoms with van der Waals surface area (Å²) in [6, 6.07) is 3.68. The molecule has 1 aromatic rings. The summed E-state index contributed by atoms with van der Waals surface area (Å²) < 4.78 is 0.702. The van der Waals surface area contributed by atoms with E-state index in [1.807, 2.05) is 12.1 Å². The molecule has 1 aromatic heterocycles. The lowest BCUT2D eigenvalue weighted by molar-refractivity contribution is 0.0893. The second-order valence-electron chi connectivity index (χ2n) is 6.47. The van der Waals surface area contributed by atoms with Crippen molar-refractivity contribution < 1.29 is 4.79 Å². The molecule has 1 saturated carbocycles. The van der Waals surface area contributed by atoms with Crippen LogP contribution >= 0.6 is 22.9 Å². The van der Waals surface area contributed by atoms with Crippen LogP contribution in [0.3, 0.4) is 0 Å². The number of thiophene rings is 1. The number of hydrogen-bond acceptors (Lipinski definition) is 3. The largest absolute Gasteiger partial charge is 0.302 e. The predicted octanol–water partition coefficient (Wildman–Crippen LogP) is 4.34. The summed E-state index contributed by atoms with van der Waals surface area (Å²) in [5.74, 6) is 2.06. The van der Waals surface area contributed by atoms with Crippen LogP contribution in [0.25, 0.3) is 0 Å². The van der Waals surface area contributed by atoms with Crippen LogP contribution in [0.2, 0.25) is 4.34 Å². The highest BCUT2D eigenvalue weighted by molar-refractivity contribution is 7.18. The van der Waals surface area contributed by atoms with Crippen molar-refractivity contribution in [2.45, 2.75) is 32.6 Å². The molecule has 1 atom stereocenters. The molecule has 4 rings (SSSR count). The third kappa shape index (κ3) is 3.26. The molecule has 110 valence electrons. The molecule has 3 heterocycles. The number of hydrogen-bond donors (Lipinski definition) is 0. The first-order valence-corrected chi connectivity index (χ1v) is 8.83. The molecular weight excluding hydrogens is 290 g/mol. The maximum Gasteiger partial charge on any atom is 0.176 e. The number of fused-ring (bicyclic) bond motifs is 4. The molecule has 1 aliphatic carbocycles. The van der Waals surface area contributed by atoms with E-state index in [0.29, 0.717) is 4.34 Å². The van der Waals surface area contributed by atoms with Gasteiger partial charge in [0.1, 0.15) is 0 Å². The molecule has 0 aromatic carbocycles. The van der Waals surface area contributed by atoms with Gasteiger partial charge in [-0.3, -0.25) is 4.79 Å². The standard InChI is InChI=1S/C16H22ClNOS/c1-11(16(19)14-6-7-15(17)20-14)8-18-9-12-2-3-13(10-18)5-4-12/h6-7,11-13H,2-5,8-10H2,1H3/t11-,12?,13?/m0/s1. The number of ketones is 1. The predicted molar refractivity (Wildman–Crippen MR) is 84.7 cm³/mol. The summed E-state index contributed by atoms with van der Waals surface area (Å²) in [6.07, 6.45) is 5.57. The van der Waals surface area contributed by atoms with Gasteiger partial charge in [-0.15, -0.1) is 11.3 Å². The fourth-order valence-corrected chi connectivity index (χ4v) is 4.81. The van der Waals surface area contributed by atoms with Crippen LogP contribution < -0.4 is 0 Å². The molecule has 0 amide bonds. The first-order chi connectivity index (χ1) is 9.61. The Kier molecular flexibility index (Phi) is 4.49. The third-order valence-electron chi connectivity index (χ3n) is 4.79. The number of carbonyl (C=O) groups is 1. The van der Waals surface area contributed by atoms with Crippen molar-refractivity contribution in [3.63, 3.8) is 0 Å². The van der Waals surface area contributed by atoms with Crippen LogP contribution in [-0.4, -0.2) is 30.3 Å². The number of nitrogens with zero attached hydrogens (tertiary/aromatic N) is 1. The SMILES string of the molecule is C[C@@H](CN1CC2CCC(CC2)C1)C(=O)c1ccc(Cl)s1. The Labute approximate surface area is 130 Å². The minimum atomic E-state index is 0.0715. The van der Waals surface area contributed by atoms with Gasteiger partial charge in [-0.05, 0) is 49.7 Å². The van der Waals surface area contributed by atoms with Gasteiger partial charge < -0.3 is 4.90 Å². The normalized spacial score (nSPS) is 28.3. The van der Waals surface area contributed by atoms with Crippen molar-refractivity contribution in [2.24, 2.45) is 17.8 Å². The number of carbonyl (C=O) groups excluding carboxylic acids is 1. The highest BCUT2D eigenvalue weighted by Gasteiger charge is 2.30. The van der Waals surface area contributed by atoms with Gasteiger partial charge in [0.25, 0.3) is 0 Å². The van der Waals surface area contributed by atoms with E-state index in [4.69, 9.17) is 11.6 Å². The molecule has 3 aliphatic rings. The molecule has 4 heteroatoms. The van der Waals surface area contributed by atoms with Crippen molar-refractivity contribution in [3.8, 4) is 0 Å². The van der Waals surface area contributed by atoms with Crippen molar-refractivity contribution in [1.29, 1.82) is 0 Å². The number of Topliss-reactive ketones (excluding diaryl/α,β-unsaturated/α-hetero) is 1. The molecule has 0 N–H and O–H groups in total. The highest BCUT2D eigenvalue weighted by Crippen LogP contribution is 2.34. The summed E-state index contributed by atoms with van der Waals surface area (Å²) >= 11 is 7.33. The third-order valence-corrected chi connectivity index (χ3v) is 6.04. The van der Waals surface area contributed by atoms with Gasteiger partial charge in [0.2, 0.25) is 0 Å². The zero-order valence-electron chi connectivity index (χ0n) is 12.0. The quantitative estimate of drug-likeness (QED) is 0.771. The van der Waals surface area contributed by atoms with E-state index in [-0.39, 0.29) is 11.7 Å². The Morgan fingerprint density at radius 1 is 1.30 bits per heavy atom. The van der Waals surface area contributed by atoms with Gasteiger partial charge in [-0.2, -0.15) is 0 Å². The fraction of sp³-hybridized carbons (Fsp3) is 0.688. The van der Waals surface area contributed by atoms with Crippen molar-refractivity contribution in [3.05, 3.63) is 21.3 Å². The summed E-state index contributed by atoms with van der Waals surface area (Å²) in [5, 5.41) is 0. The van der Waals surface area contributed by atoms with E-state index in [9.17, 15) is 4.79 Å². The maximum atomic E-state index is 12.4. The summed E-state index contributed by atoms with van der Waals surface area (Å²) in [4.78, 5) is 15.8. The lowest BCUT2D eigenvalue weighted by atomic mass is 9.84. The van der Waals surface area contributed by atoms with Gasteiger partial charge in [0.05, 0.1) is 9.21 Å². The minimum Gasteiger partial charge on any atom is -0.302 e. The van der Waals surface area contributed by atoms with Crippen LogP contribution in [0.4, 0.5) is 0 Å². The topological polar surface area (TPSA) is 20.3 Å². The Morgan fingerprint density at radius 3 is 2.40 bits per heavy atom. The van der Waals surface area contributed by atoms with E-state index in [0.717, 1.165) is 23.3 Å². The second-order valence-corrected chi connectivity index (χ2v) is 8.19. The van der Waals surface area contributed by atoms with Crippen LogP contribution in [-0.2, 0) is 0 Å². The van der Waals surface area contributed by atoms with Crippen LogP contribution in [0.15, 0.2) is 12.1 Å². The van der Waals surface area contributed by atoms with Crippen molar-refractivity contribution in [1.82, 2.24) is 4.90 Å². The second kappa shape index (κ2) is 6.17. The van der Waals surface area contributed by atoms with E-state index in [1.54, 1.807) is 0 Å². The summed E-state index contributed by atoms with van der Waals surface area (Å²) in [7, 11) is 0. The van der Waals surface area contributed by atoms with E-state index in [1.165, 1.54) is 50.1 Å². The summed E-state index contributed by atoms with van der Waals surface area (Å²) in [5.41, 5.74) is 0. The first kappa shape index (κ1) is 14.6. The lowest BCUT2D eigenvalue weighted by Gasteiger charge is -2.25. The van der Waals surface area contributed by atoms with Gasteiger partial charge in [-0.25, -0.2) is 0 Å². The van der Waals surface area contributed by atoms with Gasteiger partial charge >= 0.3 is 0 Å². The zero-order chi connectivity index (χ0) is 14.1. The molecule has 3 fully saturated rings. The molecule has 2 nitrogen and oxygen atoms in total. The van der Waals surface area contributed by atoms with Gasteiger partial charge in [-0.1, -0.05) is 18.5 Å². The average Bonchev–Trinajstić information content (AvgIpc) is 2.67. The Bertz CT molecular complexity index is 465. The van der Waals surface area contributed by atoms with Crippen LogP contribution in [0, 0.1) is 17.8 Å². The molecule has 0 radical (unpaired) electrons. The molecule has 2 bridgehead atoms. The number of halogens is 1. The molecule has 0 spiro atoms. The monoisotopic (exact) mass is 311 g/mol. The molecule has 20 heavy (non-hydrogen) atoms. The van der Waals surface area contributed by atoms with Crippen molar-refractivity contribution >= 4 is 28.7 Å². The maximum absolute atomic E-state index is 12.4. The minimum absolute atomic E-state index is 0.0715. The first-order valence-electron chi connectivity index (χ1n) is 7.63. The van der Waals surface area contributed by atoms with Gasteiger partial charge in [0, 0.05) is 25.6 Å². The van der Waals surface area contributed by atoms with E-state index < -0.39 is 0 Å². The lowest BCUT2D eigenvalue weighted by Crippen LogP contribution is -2.35. The smallest absolute Gasteiger partial charge is 0.176 e. The van der Waals surface area contributed by atoms with E-state index in [2.05, 4.69) is 11.8 Å². The molecule has 2 aliphatic heterocycles. The van der Waals surface area contributed by atoms with Crippen LogP contribution in [0.1, 0.15) is 42.3 Å². The Hall–Kier alpha value is -0.380.